The molecule has 0 aliphatic carbocycles. The molecule has 1 aromatic carbocycles. The van der Waals surface area contributed by atoms with Crippen LogP contribution in [-0.4, -0.2) is 22.2 Å². The maximum absolute atomic E-state index is 12.0. The fraction of sp³-hybridized carbons (Fsp3) is 0.462. The topological polar surface area (TPSA) is 72.2 Å². The van der Waals surface area contributed by atoms with Crippen LogP contribution in [-0.2, 0) is 0 Å². The van der Waals surface area contributed by atoms with Gasteiger partial charge in [0.05, 0.1) is 4.92 Å². The van der Waals surface area contributed by atoms with Gasteiger partial charge in [0.15, 0.2) is 0 Å². The van der Waals surface area contributed by atoms with E-state index in [4.69, 9.17) is 0 Å². The van der Waals surface area contributed by atoms with Crippen molar-refractivity contribution in [3.63, 3.8) is 0 Å². The summed E-state index contributed by atoms with van der Waals surface area (Å²) < 4.78 is 0. The Kier molecular flexibility index (Phi) is 5.95. The number of nitro benzene ring substituents is 1. The van der Waals surface area contributed by atoms with Crippen molar-refractivity contribution >= 4 is 27.5 Å². The first-order chi connectivity index (χ1) is 8.97. The van der Waals surface area contributed by atoms with Gasteiger partial charge in [-0.15, -0.1) is 0 Å². The summed E-state index contributed by atoms with van der Waals surface area (Å²) in [6.07, 6.45) is 1.82. The fourth-order valence-electron chi connectivity index (χ4n) is 1.71. The number of rotatable bonds is 6. The van der Waals surface area contributed by atoms with Gasteiger partial charge in [-0.25, -0.2) is 0 Å². The number of carbonyl (C=O) groups excluding carboxylic acids is 1. The Morgan fingerprint density at radius 1 is 1.53 bits per heavy atom. The third-order valence-corrected chi connectivity index (χ3v) is 4.04. The van der Waals surface area contributed by atoms with Crippen molar-refractivity contribution in [1.29, 1.82) is 0 Å². The Morgan fingerprint density at radius 3 is 2.79 bits per heavy atom. The molecule has 1 atom stereocenters. The molecule has 1 aromatic rings. The number of hydrogen-bond acceptors (Lipinski definition) is 3. The molecule has 1 N–H and O–H groups in total. The summed E-state index contributed by atoms with van der Waals surface area (Å²) in [6.45, 7) is 4.20. The molecule has 0 aliphatic heterocycles. The number of amides is 1. The number of carbonyl (C=O) groups is 1. The monoisotopic (exact) mass is 328 g/mol. The molecule has 0 aliphatic rings. The molecule has 0 heterocycles. The first-order valence-corrected chi connectivity index (χ1v) is 7.05. The van der Waals surface area contributed by atoms with Crippen LogP contribution in [0.4, 0.5) is 5.69 Å². The first kappa shape index (κ1) is 15.6. The molecule has 0 aromatic heterocycles. The van der Waals surface area contributed by atoms with E-state index in [1.165, 1.54) is 12.1 Å². The van der Waals surface area contributed by atoms with Crippen LogP contribution in [0.1, 0.15) is 35.7 Å². The van der Waals surface area contributed by atoms with E-state index in [1.807, 2.05) is 0 Å². The largest absolute Gasteiger partial charge is 0.352 e. The normalized spacial score (nSPS) is 11.9. The summed E-state index contributed by atoms with van der Waals surface area (Å²) in [5.41, 5.74) is 0.729. The molecule has 0 fully saturated rings. The molecule has 0 bridgehead atoms. The van der Waals surface area contributed by atoms with Crippen LogP contribution >= 0.6 is 15.9 Å². The van der Waals surface area contributed by atoms with Crippen molar-refractivity contribution in [2.75, 3.05) is 6.54 Å². The number of nitrogens with zero attached hydrogens (tertiary/aromatic N) is 1. The number of benzene rings is 1. The third-order valence-electron chi connectivity index (χ3n) is 2.93. The summed E-state index contributed by atoms with van der Waals surface area (Å²) in [5.74, 6) is -0.267. The number of alkyl halides is 1. The van der Waals surface area contributed by atoms with Crippen molar-refractivity contribution in [3.8, 4) is 0 Å². The van der Waals surface area contributed by atoms with E-state index in [-0.39, 0.29) is 11.6 Å². The summed E-state index contributed by atoms with van der Waals surface area (Å²) in [5, 5.41) is 13.6. The van der Waals surface area contributed by atoms with Gasteiger partial charge in [-0.05, 0) is 25.8 Å². The summed E-state index contributed by atoms with van der Waals surface area (Å²) >= 11 is 3.49. The van der Waals surface area contributed by atoms with E-state index in [0.29, 0.717) is 22.5 Å². The van der Waals surface area contributed by atoms with Gasteiger partial charge in [0.2, 0.25) is 0 Å². The maximum Gasteiger partial charge on any atom is 0.273 e. The van der Waals surface area contributed by atoms with Crippen molar-refractivity contribution in [1.82, 2.24) is 5.32 Å². The molecule has 0 spiro atoms. The Bertz CT molecular complexity index is 477. The second-order valence-corrected chi connectivity index (χ2v) is 5.55. The molecular formula is C13H17BrN2O3. The number of halogens is 1. The molecule has 0 saturated carbocycles. The average molecular weight is 329 g/mol. The van der Waals surface area contributed by atoms with Gasteiger partial charge in [-0.1, -0.05) is 28.9 Å². The minimum absolute atomic E-state index is 0.0282. The van der Waals surface area contributed by atoms with Crippen LogP contribution in [0.5, 0.6) is 0 Å². The zero-order chi connectivity index (χ0) is 14.4. The molecule has 19 heavy (non-hydrogen) atoms. The van der Waals surface area contributed by atoms with Crippen molar-refractivity contribution in [2.24, 2.45) is 0 Å². The van der Waals surface area contributed by atoms with Gasteiger partial charge in [-0.3, -0.25) is 14.9 Å². The van der Waals surface area contributed by atoms with E-state index < -0.39 is 4.92 Å². The highest BCUT2D eigenvalue weighted by Gasteiger charge is 2.17. The molecule has 0 saturated heterocycles. The van der Waals surface area contributed by atoms with Gasteiger partial charge in [0.25, 0.3) is 11.6 Å². The molecule has 5 nitrogen and oxygen atoms in total. The van der Waals surface area contributed by atoms with E-state index in [0.717, 1.165) is 12.8 Å². The van der Waals surface area contributed by atoms with E-state index in [9.17, 15) is 14.9 Å². The minimum atomic E-state index is -0.474. The first-order valence-electron chi connectivity index (χ1n) is 6.13. The lowest BCUT2D eigenvalue weighted by atomic mass is 10.1. The third kappa shape index (κ3) is 4.31. The molecule has 6 heteroatoms. The highest BCUT2D eigenvalue weighted by atomic mass is 79.9. The SMILES string of the molecule is CCC(Br)CCNC(=O)c1cccc([N+](=O)[O-])c1C. The van der Waals surface area contributed by atoms with E-state index >= 15 is 0 Å². The lowest BCUT2D eigenvalue weighted by Gasteiger charge is -2.09. The van der Waals surface area contributed by atoms with Crippen LogP contribution in [0.3, 0.4) is 0 Å². The number of nitro groups is 1. The summed E-state index contributed by atoms with van der Waals surface area (Å²) in [7, 11) is 0. The molecule has 1 amide bonds. The van der Waals surface area contributed by atoms with Crippen molar-refractivity contribution < 1.29 is 9.72 Å². The quantitative estimate of drug-likeness (QED) is 0.495. The molecule has 1 unspecified atom stereocenters. The van der Waals surface area contributed by atoms with Gasteiger partial charge < -0.3 is 5.32 Å². The van der Waals surface area contributed by atoms with Gasteiger partial charge >= 0.3 is 0 Å². The number of hydrogen-bond donors (Lipinski definition) is 1. The average Bonchev–Trinajstić information content (AvgIpc) is 2.38. The van der Waals surface area contributed by atoms with Crippen LogP contribution < -0.4 is 5.32 Å². The lowest BCUT2D eigenvalue weighted by molar-refractivity contribution is -0.385. The summed E-state index contributed by atoms with van der Waals surface area (Å²) in [4.78, 5) is 22.7. The lowest BCUT2D eigenvalue weighted by Crippen LogP contribution is -2.26. The zero-order valence-electron chi connectivity index (χ0n) is 11.0. The fourth-order valence-corrected chi connectivity index (χ4v) is 1.94. The van der Waals surface area contributed by atoms with E-state index in [2.05, 4.69) is 28.2 Å². The smallest absolute Gasteiger partial charge is 0.273 e. The highest BCUT2D eigenvalue weighted by Crippen LogP contribution is 2.20. The molecular weight excluding hydrogens is 312 g/mol. The predicted molar refractivity (Wildman–Crippen MR) is 77.8 cm³/mol. The van der Waals surface area contributed by atoms with Gasteiger partial charge in [0, 0.05) is 28.6 Å². The summed E-state index contributed by atoms with van der Waals surface area (Å²) in [6, 6.07) is 4.53. The van der Waals surface area contributed by atoms with Gasteiger partial charge in [-0.2, -0.15) is 0 Å². The Morgan fingerprint density at radius 2 is 2.21 bits per heavy atom. The Hall–Kier alpha value is -1.43. The second kappa shape index (κ2) is 7.23. The minimum Gasteiger partial charge on any atom is -0.352 e. The van der Waals surface area contributed by atoms with Crippen LogP contribution in [0, 0.1) is 17.0 Å². The van der Waals surface area contributed by atoms with Gasteiger partial charge in [0.1, 0.15) is 0 Å². The molecule has 104 valence electrons. The van der Waals surface area contributed by atoms with Crippen molar-refractivity contribution in [2.45, 2.75) is 31.5 Å². The van der Waals surface area contributed by atoms with E-state index in [1.54, 1.807) is 13.0 Å². The Balaban J connectivity index is 2.72. The van der Waals surface area contributed by atoms with Crippen LogP contribution in [0.15, 0.2) is 18.2 Å². The predicted octanol–water partition coefficient (Wildman–Crippen LogP) is 3.20. The molecule has 1 rings (SSSR count). The number of nitrogens with one attached hydrogen (secondary N) is 1. The highest BCUT2D eigenvalue weighted by molar-refractivity contribution is 9.09. The standard InChI is InChI=1S/C13H17BrN2O3/c1-3-10(14)7-8-15-13(17)11-5-4-6-12(9(11)2)16(18)19/h4-6,10H,3,7-8H2,1-2H3,(H,15,17). The van der Waals surface area contributed by atoms with Crippen molar-refractivity contribution in [3.05, 3.63) is 39.4 Å². The zero-order valence-corrected chi connectivity index (χ0v) is 12.6. The van der Waals surface area contributed by atoms with Crippen LogP contribution in [0.2, 0.25) is 0 Å². The van der Waals surface area contributed by atoms with Crippen LogP contribution in [0.25, 0.3) is 0 Å². The molecule has 0 radical (unpaired) electrons. The second-order valence-electron chi connectivity index (χ2n) is 4.26. The maximum atomic E-state index is 12.0. The Labute approximate surface area is 120 Å².